The molecule has 8 heteroatoms. The van der Waals surface area contributed by atoms with Gasteiger partial charge in [-0.25, -0.2) is 4.79 Å². The van der Waals surface area contributed by atoms with Gasteiger partial charge in [-0.2, -0.15) is 0 Å². The molecule has 6 aromatic rings. The lowest BCUT2D eigenvalue weighted by Crippen LogP contribution is -2.03. The first-order valence-electron chi connectivity index (χ1n) is 11.4. The first-order chi connectivity index (χ1) is 18.4. The van der Waals surface area contributed by atoms with Crippen molar-refractivity contribution in [2.24, 2.45) is 0 Å². The minimum absolute atomic E-state index is 0.0806. The van der Waals surface area contributed by atoms with Crippen LogP contribution in [0.4, 0.5) is 0 Å². The summed E-state index contributed by atoms with van der Waals surface area (Å²) in [6.07, 6.45) is 3.16. The van der Waals surface area contributed by atoms with Crippen LogP contribution in [0.25, 0.3) is 43.4 Å². The number of esters is 1. The van der Waals surface area contributed by atoms with Crippen LogP contribution in [0.3, 0.4) is 0 Å². The summed E-state index contributed by atoms with van der Waals surface area (Å²) in [5.74, 6) is -0.483. The van der Waals surface area contributed by atoms with Crippen molar-refractivity contribution in [3.8, 4) is 0 Å². The predicted octanol–water partition coefficient (Wildman–Crippen LogP) is 6.70. The summed E-state index contributed by atoms with van der Waals surface area (Å²) >= 11 is 9.45. The van der Waals surface area contributed by atoms with Gasteiger partial charge in [0.05, 0.1) is 12.7 Å². The van der Waals surface area contributed by atoms with E-state index in [1.54, 1.807) is 67.0 Å². The quantitative estimate of drug-likeness (QED) is 0.200. The monoisotopic (exact) mass is 584 g/mol. The van der Waals surface area contributed by atoms with Crippen LogP contribution in [0, 0.1) is 0 Å². The third-order valence-corrected chi connectivity index (χ3v) is 6.94. The molecule has 0 bridgehead atoms. The summed E-state index contributed by atoms with van der Waals surface area (Å²) < 4.78 is 5.64. The van der Waals surface area contributed by atoms with Gasteiger partial charge in [0.15, 0.2) is 0 Å². The fourth-order valence-corrected chi connectivity index (χ4v) is 5.00. The SMILES string of the molecule is COC(=O)c1cc2ccccc2c(=O)c2ncccc12.O=c1c2ccc(Cl)cc2cc(Br)c2cccnc12. The zero-order valence-corrected chi connectivity index (χ0v) is 22.3. The Morgan fingerprint density at radius 2 is 1.34 bits per heavy atom. The molecule has 0 spiro atoms. The van der Waals surface area contributed by atoms with Crippen molar-refractivity contribution >= 4 is 76.9 Å². The molecule has 0 radical (unpaired) electrons. The highest BCUT2D eigenvalue weighted by molar-refractivity contribution is 9.10. The number of carbonyl (C=O) groups excluding carboxylic acids is 1. The number of nitrogens with zero attached hydrogens (tertiary/aromatic N) is 2. The summed E-state index contributed by atoms with van der Waals surface area (Å²) in [5.41, 5.74) is 0.805. The fraction of sp³-hybridized carbons (Fsp3) is 0.0333. The van der Waals surface area contributed by atoms with Crippen molar-refractivity contribution in [2.75, 3.05) is 7.11 Å². The number of hydrogen-bond acceptors (Lipinski definition) is 6. The Morgan fingerprint density at radius 3 is 2.05 bits per heavy atom. The number of methoxy groups -OCH3 is 1. The van der Waals surface area contributed by atoms with E-state index < -0.39 is 5.97 Å². The summed E-state index contributed by atoms with van der Waals surface area (Å²) in [4.78, 5) is 45.2. The number of pyridine rings is 2. The van der Waals surface area contributed by atoms with Crippen molar-refractivity contribution in [3.05, 3.63) is 127 Å². The number of rotatable bonds is 1. The second kappa shape index (κ2) is 10.7. The molecule has 38 heavy (non-hydrogen) atoms. The van der Waals surface area contributed by atoms with Gasteiger partial charge >= 0.3 is 5.97 Å². The van der Waals surface area contributed by atoms with Crippen LogP contribution in [0.1, 0.15) is 10.4 Å². The molecule has 6 nitrogen and oxygen atoms in total. The van der Waals surface area contributed by atoms with Gasteiger partial charge in [-0.05, 0) is 59.3 Å². The minimum atomic E-state index is -0.483. The van der Waals surface area contributed by atoms with Gasteiger partial charge in [0.1, 0.15) is 11.0 Å². The van der Waals surface area contributed by atoms with Crippen LogP contribution in [0.2, 0.25) is 5.02 Å². The van der Waals surface area contributed by atoms with Gasteiger partial charge in [-0.15, -0.1) is 0 Å². The van der Waals surface area contributed by atoms with Gasteiger partial charge < -0.3 is 4.74 Å². The van der Waals surface area contributed by atoms with E-state index in [-0.39, 0.29) is 16.4 Å². The minimum Gasteiger partial charge on any atom is -0.465 e. The smallest absolute Gasteiger partial charge is 0.338 e. The van der Waals surface area contributed by atoms with E-state index >= 15 is 0 Å². The molecular weight excluding hydrogens is 568 g/mol. The molecule has 0 atom stereocenters. The van der Waals surface area contributed by atoms with Crippen molar-refractivity contribution in [3.63, 3.8) is 0 Å². The molecule has 0 aliphatic rings. The maximum atomic E-state index is 12.5. The maximum Gasteiger partial charge on any atom is 0.338 e. The van der Waals surface area contributed by atoms with Crippen LogP contribution in [0.5, 0.6) is 0 Å². The van der Waals surface area contributed by atoms with E-state index in [0.717, 1.165) is 15.2 Å². The highest BCUT2D eigenvalue weighted by atomic mass is 79.9. The molecule has 0 N–H and O–H groups in total. The molecule has 2 aromatic heterocycles. The van der Waals surface area contributed by atoms with Gasteiger partial charge in [0.25, 0.3) is 0 Å². The highest BCUT2D eigenvalue weighted by Crippen LogP contribution is 2.25. The van der Waals surface area contributed by atoms with Crippen LogP contribution in [-0.2, 0) is 4.74 Å². The normalized spacial score (nSPS) is 10.8. The topological polar surface area (TPSA) is 86.2 Å². The molecule has 4 aromatic carbocycles. The summed E-state index contributed by atoms with van der Waals surface area (Å²) in [6.45, 7) is 0. The van der Waals surface area contributed by atoms with Crippen LogP contribution >= 0.6 is 27.5 Å². The molecule has 0 saturated carbocycles. The molecule has 186 valence electrons. The van der Waals surface area contributed by atoms with Crippen LogP contribution in [-0.4, -0.2) is 23.0 Å². The summed E-state index contributed by atoms with van der Waals surface area (Å²) in [7, 11) is 1.32. The molecule has 0 aliphatic carbocycles. The van der Waals surface area contributed by atoms with Crippen LogP contribution in [0.15, 0.2) is 105 Å². The number of halogens is 2. The Bertz CT molecular complexity index is 2010. The lowest BCUT2D eigenvalue weighted by Gasteiger charge is -1.99. The molecule has 0 fully saturated rings. The van der Waals surface area contributed by atoms with Crippen LogP contribution < -0.4 is 10.9 Å². The molecule has 0 saturated heterocycles. The van der Waals surface area contributed by atoms with E-state index in [1.165, 1.54) is 7.11 Å². The molecule has 0 unspecified atom stereocenters. The largest absolute Gasteiger partial charge is 0.465 e. The summed E-state index contributed by atoms with van der Waals surface area (Å²) in [5, 5.41) is 4.56. The van der Waals surface area contributed by atoms with Crippen molar-refractivity contribution in [1.29, 1.82) is 0 Å². The molecule has 0 amide bonds. The zero-order valence-electron chi connectivity index (χ0n) is 19.9. The lowest BCUT2D eigenvalue weighted by molar-refractivity contribution is 0.0603. The first-order valence-corrected chi connectivity index (χ1v) is 12.6. The Balaban J connectivity index is 0.000000156. The lowest BCUT2D eigenvalue weighted by atomic mass is 10.1. The van der Waals surface area contributed by atoms with Crippen molar-refractivity contribution in [2.45, 2.75) is 0 Å². The molecule has 0 aliphatic heterocycles. The maximum absolute atomic E-state index is 12.5. The predicted molar refractivity (Wildman–Crippen MR) is 155 cm³/mol. The van der Waals surface area contributed by atoms with Gasteiger partial charge in [0, 0.05) is 43.4 Å². The number of aromatic nitrogens is 2. The van der Waals surface area contributed by atoms with Crippen molar-refractivity contribution < 1.29 is 9.53 Å². The van der Waals surface area contributed by atoms with E-state index in [9.17, 15) is 14.4 Å². The molecule has 6 rings (SSSR count). The Hall–Kier alpha value is -4.20. The number of fused-ring (bicyclic) bond motifs is 4. The van der Waals surface area contributed by atoms with Gasteiger partial charge in [-0.1, -0.05) is 57.9 Å². The Labute approximate surface area is 229 Å². The fourth-order valence-electron chi connectivity index (χ4n) is 4.25. The number of ether oxygens (including phenoxy) is 1. The molecular formula is C30H18BrClN2O4. The first kappa shape index (κ1) is 25.4. The third-order valence-electron chi connectivity index (χ3n) is 6.04. The second-order valence-electron chi connectivity index (χ2n) is 8.32. The van der Waals surface area contributed by atoms with E-state index in [4.69, 9.17) is 16.3 Å². The Morgan fingerprint density at radius 1 is 0.737 bits per heavy atom. The van der Waals surface area contributed by atoms with E-state index in [2.05, 4.69) is 25.9 Å². The number of benzene rings is 2. The van der Waals surface area contributed by atoms with Crippen molar-refractivity contribution in [1.82, 2.24) is 9.97 Å². The third kappa shape index (κ3) is 4.74. The van der Waals surface area contributed by atoms with Gasteiger partial charge in [0.2, 0.25) is 10.9 Å². The Kier molecular flexibility index (Phi) is 7.13. The standard InChI is InChI=1S/C16H11NO3.C14H7BrClNO/c1-20-16(19)13-9-10-5-2-3-6-11(10)15(18)14-12(13)7-4-8-17-14;15-12-7-8-6-9(16)3-4-10(8)14(18)13-11(12)2-1-5-17-13/h2-9H,1H3;1-7H. The molecule has 2 heterocycles. The average molecular weight is 586 g/mol. The van der Waals surface area contributed by atoms with Gasteiger partial charge in [-0.3, -0.25) is 19.6 Å². The average Bonchev–Trinajstić information content (AvgIpc) is 3.14. The number of carbonyl (C=O) groups is 1. The summed E-state index contributed by atoms with van der Waals surface area (Å²) in [6, 6.07) is 23.0. The number of hydrogen-bond donors (Lipinski definition) is 0. The van der Waals surface area contributed by atoms with E-state index in [1.807, 2.05) is 24.3 Å². The zero-order chi connectivity index (χ0) is 26.8. The second-order valence-corrected chi connectivity index (χ2v) is 9.61. The van der Waals surface area contributed by atoms with E-state index in [0.29, 0.717) is 37.6 Å². The highest BCUT2D eigenvalue weighted by Gasteiger charge is 2.14.